The van der Waals surface area contributed by atoms with Crippen LogP contribution in [0.4, 0.5) is 0 Å². The third-order valence-corrected chi connectivity index (χ3v) is 6.72. The number of likely N-dealkylation sites (tertiary alicyclic amines) is 1. The van der Waals surface area contributed by atoms with E-state index in [2.05, 4.69) is 27.5 Å². The molecule has 1 saturated carbocycles. The van der Waals surface area contributed by atoms with Crippen molar-refractivity contribution in [2.45, 2.75) is 64.5 Å². The molecule has 1 saturated heterocycles. The molecule has 1 aliphatic carbocycles. The molecule has 1 aromatic rings. The second-order valence-electron chi connectivity index (χ2n) is 8.13. The summed E-state index contributed by atoms with van der Waals surface area (Å²) in [5.41, 5.74) is 7.21. The lowest BCUT2D eigenvalue weighted by atomic mass is 9.74. The van der Waals surface area contributed by atoms with E-state index in [4.69, 9.17) is 5.73 Å². The molecule has 1 amide bonds. The molecule has 0 aromatic carbocycles. The molecule has 156 valence electrons. The summed E-state index contributed by atoms with van der Waals surface area (Å²) in [5.74, 6) is 0.740. The maximum atomic E-state index is 12.6. The van der Waals surface area contributed by atoms with Crippen LogP contribution in [0, 0.1) is 18.8 Å². The Hall–Kier alpha value is -0.400. The highest BCUT2D eigenvalue weighted by Crippen LogP contribution is 2.31. The summed E-state index contributed by atoms with van der Waals surface area (Å²) in [5, 5.41) is 6.50. The van der Waals surface area contributed by atoms with Crippen LogP contribution in [-0.4, -0.2) is 41.0 Å². The Morgan fingerprint density at radius 1 is 1.33 bits per heavy atom. The lowest BCUT2D eigenvalue weighted by Crippen LogP contribution is -2.53. The third-order valence-electron chi connectivity index (χ3n) is 5.90. The molecule has 0 radical (unpaired) electrons. The van der Waals surface area contributed by atoms with E-state index in [1.165, 1.54) is 5.69 Å². The molecule has 2 aliphatic rings. The van der Waals surface area contributed by atoms with E-state index in [-0.39, 0.29) is 42.2 Å². The van der Waals surface area contributed by atoms with Gasteiger partial charge in [-0.05, 0) is 58.5 Å². The first kappa shape index (κ1) is 24.6. The zero-order chi connectivity index (χ0) is 17.9. The lowest BCUT2D eigenvalue weighted by Gasteiger charge is -2.38. The van der Waals surface area contributed by atoms with Gasteiger partial charge in [-0.2, -0.15) is 0 Å². The van der Waals surface area contributed by atoms with Crippen LogP contribution in [0.5, 0.6) is 0 Å². The Kier molecular flexibility index (Phi) is 10.00. The number of nitrogens with two attached hydrogens (primary N) is 1. The first-order valence-electron chi connectivity index (χ1n) is 9.64. The van der Waals surface area contributed by atoms with E-state index >= 15 is 0 Å². The average Bonchev–Trinajstić information content (AvgIpc) is 2.98. The number of nitrogens with zero attached hydrogens (tertiary/aromatic N) is 2. The number of piperidine rings is 1. The predicted molar refractivity (Wildman–Crippen MR) is 117 cm³/mol. The normalized spacial score (nSPS) is 26.7. The molecule has 0 bridgehead atoms. The monoisotopic (exact) mass is 436 g/mol. The fraction of sp³-hybridized carbons (Fsp3) is 0.789. The molecule has 27 heavy (non-hydrogen) atoms. The van der Waals surface area contributed by atoms with Crippen molar-refractivity contribution in [1.82, 2.24) is 15.2 Å². The average molecular weight is 437 g/mol. The summed E-state index contributed by atoms with van der Waals surface area (Å²) in [6, 6.07) is 0. The molecular weight excluding hydrogens is 403 g/mol. The Labute approximate surface area is 179 Å². The van der Waals surface area contributed by atoms with E-state index in [1.807, 2.05) is 6.92 Å². The first-order valence-corrected chi connectivity index (χ1v) is 10.5. The number of carbonyl (C=O) groups excluding carboxylic acids is 1. The van der Waals surface area contributed by atoms with Crippen molar-refractivity contribution < 1.29 is 4.79 Å². The van der Waals surface area contributed by atoms with Crippen LogP contribution < -0.4 is 11.1 Å². The van der Waals surface area contributed by atoms with Crippen LogP contribution in [0.2, 0.25) is 0 Å². The van der Waals surface area contributed by atoms with Crippen molar-refractivity contribution in [1.29, 1.82) is 0 Å². The topological polar surface area (TPSA) is 71.2 Å². The number of carbonyl (C=O) groups is 1. The molecule has 2 heterocycles. The molecule has 1 aliphatic heterocycles. The molecule has 0 spiro atoms. The van der Waals surface area contributed by atoms with Crippen molar-refractivity contribution in [3.63, 3.8) is 0 Å². The van der Waals surface area contributed by atoms with Gasteiger partial charge in [-0.25, -0.2) is 4.98 Å². The summed E-state index contributed by atoms with van der Waals surface area (Å²) in [4.78, 5) is 19.6. The van der Waals surface area contributed by atoms with Gasteiger partial charge in [0.15, 0.2) is 0 Å². The van der Waals surface area contributed by atoms with Gasteiger partial charge in [0.1, 0.15) is 0 Å². The van der Waals surface area contributed by atoms with Crippen LogP contribution in [-0.2, 0) is 11.3 Å². The first-order chi connectivity index (χ1) is 11.9. The molecule has 5 nitrogen and oxygen atoms in total. The molecule has 2 fully saturated rings. The number of rotatable bonds is 5. The van der Waals surface area contributed by atoms with Gasteiger partial charge in [0, 0.05) is 24.0 Å². The standard InChI is InChI=1S/C19H32N4OS.2ClH/c1-14-22-16(13-25-14)12-23-9-6-15(7-10-23)11-21-18(24)17-5-3-4-8-19(17,2)20;;/h13,15,17H,3-12,20H2,1-2H3,(H,21,24);2*1H. The Balaban J connectivity index is 0.00000182. The van der Waals surface area contributed by atoms with E-state index < -0.39 is 0 Å². The van der Waals surface area contributed by atoms with Gasteiger partial charge < -0.3 is 11.1 Å². The molecule has 1 aromatic heterocycles. The van der Waals surface area contributed by atoms with Crippen LogP contribution >= 0.6 is 36.2 Å². The zero-order valence-electron chi connectivity index (χ0n) is 16.4. The van der Waals surface area contributed by atoms with Gasteiger partial charge in [0.05, 0.1) is 16.6 Å². The van der Waals surface area contributed by atoms with Gasteiger partial charge in [-0.3, -0.25) is 9.69 Å². The predicted octanol–water partition coefficient (Wildman–Crippen LogP) is 3.53. The summed E-state index contributed by atoms with van der Waals surface area (Å²) in [7, 11) is 0. The number of hydrogen-bond acceptors (Lipinski definition) is 5. The van der Waals surface area contributed by atoms with Crippen molar-refractivity contribution in [3.05, 3.63) is 16.1 Å². The molecule has 3 rings (SSSR count). The van der Waals surface area contributed by atoms with Gasteiger partial charge in [0.25, 0.3) is 0 Å². The summed E-state index contributed by atoms with van der Waals surface area (Å²) in [6.45, 7) is 8.03. The third kappa shape index (κ3) is 6.86. The van der Waals surface area contributed by atoms with Gasteiger partial charge in [-0.15, -0.1) is 36.2 Å². The van der Waals surface area contributed by atoms with Crippen LogP contribution in [0.25, 0.3) is 0 Å². The van der Waals surface area contributed by atoms with E-state index in [9.17, 15) is 4.79 Å². The van der Waals surface area contributed by atoms with Crippen molar-refractivity contribution in [2.75, 3.05) is 19.6 Å². The number of amides is 1. The maximum Gasteiger partial charge on any atom is 0.224 e. The number of hydrogen-bond donors (Lipinski definition) is 2. The highest BCUT2D eigenvalue weighted by Gasteiger charge is 2.37. The van der Waals surface area contributed by atoms with Gasteiger partial charge >= 0.3 is 0 Å². The summed E-state index contributed by atoms with van der Waals surface area (Å²) in [6.07, 6.45) is 6.46. The van der Waals surface area contributed by atoms with Crippen molar-refractivity contribution in [2.24, 2.45) is 17.6 Å². The van der Waals surface area contributed by atoms with E-state index in [0.29, 0.717) is 5.92 Å². The van der Waals surface area contributed by atoms with Crippen molar-refractivity contribution >= 4 is 42.1 Å². The fourth-order valence-corrected chi connectivity index (χ4v) is 4.82. The molecule has 2 unspecified atom stereocenters. The number of thiazole rings is 1. The Morgan fingerprint density at radius 3 is 2.63 bits per heavy atom. The fourth-order valence-electron chi connectivity index (χ4n) is 4.22. The maximum absolute atomic E-state index is 12.6. The minimum atomic E-state index is -0.336. The minimum absolute atomic E-state index is 0. The quantitative estimate of drug-likeness (QED) is 0.739. The second kappa shape index (κ2) is 11.0. The highest BCUT2D eigenvalue weighted by molar-refractivity contribution is 7.09. The van der Waals surface area contributed by atoms with Crippen LogP contribution in [0.3, 0.4) is 0 Å². The van der Waals surface area contributed by atoms with Gasteiger partial charge in [-0.1, -0.05) is 12.8 Å². The minimum Gasteiger partial charge on any atom is -0.356 e. The molecular formula is C19H34Cl2N4OS. The Morgan fingerprint density at radius 2 is 2.04 bits per heavy atom. The van der Waals surface area contributed by atoms with Crippen LogP contribution in [0.1, 0.15) is 56.2 Å². The number of aryl methyl sites for hydroxylation is 1. The number of aromatic nitrogens is 1. The molecule has 2 atom stereocenters. The zero-order valence-corrected chi connectivity index (χ0v) is 18.9. The van der Waals surface area contributed by atoms with Crippen LogP contribution in [0.15, 0.2) is 5.38 Å². The van der Waals surface area contributed by atoms with E-state index in [0.717, 1.165) is 69.7 Å². The molecule has 3 N–H and O–H groups in total. The largest absolute Gasteiger partial charge is 0.356 e. The Bertz CT molecular complexity index is 588. The SMILES string of the molecule is Cc1nc(CN2CCC(CNC(=O)C3CCCCC3(C)N)CC2)cs1.Cl.Cl. The van der Waals surface area contributed by atoms with Crippen molar-refractivity contribution in [3.8, 4) is 0 Å². The number of halogens is 2. The lowest BCUT2D eigenvalue weighted by molar-refractivity contribution is -0.128. The summed E-state index contributed by atoms with van der Waals surface area (Å²) >= 11 is 1.72. The highest BCUT2D eigenvalue weighted by atomic mass is 35.5. The number of nitrogens with one attached hydrogen (secondary N) is 1. The smallest absolute Gasteiger partial charge is 0.224 e. The summed E-state index contributed by atoms with van der Waals surface area (Å²) < 4.78 is 0. The van der Waals surface area contributed by atoms with E-state index in [1.54, 1.807) is 11.3 Å². The van der Waals surface area contributed by atoms with Gasteiger partial charge in [0.2, 0.25) is 5.91 Å². The molecule has 8 heteroatoms. The second-order valence-corrected chi connectivity index (χ2v) is 9.19.